The molecule has 3 aromatic rings. The van der Waals surface area contributed by atoms with E-state index in [4.69, 9.17) is 21.1 Å². The Morgan fingerprint density at radius 3 is 2.57 bits per heavy atom. The molecule has 0 bridgehead atoms. The highest BCUT2D eigenvalue weighted by atomic mass is 35.5. The third-order valence-electron chi connectivity index (χ3n) is 4.79. The molecule has 158 valence electrons. The molecule has 1 amide bonds. The fourth-order valence-electron chi connectivity index (χ4n) is 3.33. The molecule has 0 aliphatic rings. The van der Waals surface area contributed by atoms with Gasteiger partial charge in [0.25, 0.3) is 5.91 Å². The largest absolute Gasteiger partial charge is 0.484 e. The molecule has 0 saturated heterocycles. The van der Waals surface area contributed by atoms with Crippen molar-refractivity contribution in [2.75, 3.05) is 13.2 Å². The van der Waals surface area contributed by atoms with Gasteiger partial charge in [0.1, 0.15) is 11.8 Å². The second-order valence-corrected chi connectivity index (χ2v) is 7.47. The van der Waals surface area contributed by atoms with Gasteiger partial charge in [0.05, 0.1) is 6.61 Å². The van der Waals surface area contributed by atoms with Crippen molar-refractivity contribution in [1.29, 1.82) is 0 Å². The Bertz CT molecular complexity index is 1040. The Labute approximate surface area is 180 Å². The monoisotopic (exact) mass is 428 g/mol. The van der Waals surface area contributed by atoms with Gasteiger partial charge in [-0.3, -0.25) is 4.79 Å². The topological polar surface area (TPSA) is 80.4 Å². The van der Waals surface area contributed by atoms with Gasteiger partial charge in [-0.15, -0.1) is 0 Å². The van der Waals surface area contributed by atoms with Crippen molar-refractivity contribution in [2.45, 2.75) is 33.2 Å². The summed E-state index contributed by atoms with van der Waals surface area (Å²) in [5, 5.41) is 4.42. The van der Waals surface area contributed by atoms with E-state index in [9.17, 15) is 9.59 Å². The van der Waals surface area contributed by atoms with Crippen LogP contribution in [0.15, 0.2) is 42.6 Å². The summed E-state index contributed by atoms with van der Waals surface area (Å²) in [4.78, 5) is 28.1. The first kappa shape index (κ1) is 21.7. The lowest BCUT2D eigenvalue weighted by atomic mass is 10.0. The number of aryl methyl sites for hydroxylation is 2. The molecule has 2 N–H and O–H groups in total. The van der Waals surface area contributed by atoms with Crippen molar-refractivity contribution in [3.05, 3.63) is 64.3 Å². The molecule has 1 unspecified atom stereocenters. The van der Waals surface area contributed by atoms with Crippen LogP contribution in [0, 0.1) is 13.8 Å². The van der Waals surface area contributed by atoms with Crippen LogP contribution in [0.4, 0.5) is 0 Å². The lowest BCUT2D eigenvalue weighted by Gasteiger charge is -2.17. The molecule has 2 aromatic carbocycles. The van der Waals surface area contributed by atoms with Gasteiger partial charge < -0.3 is 19.8 Å². The van der Waals surface area contributed by atoms with E-state index < -0.39 is 17.9 Å². The summed E-state index contributed by atoms with van der Waals surface area (Å²) in [5.74, 6) is -0.332. The minimum absolute atomic E-state index is 0.218. The zero-order valence-corrected chi connectivity index (χ0v) is 18.0. The molecule has 0 radical (unpaired) electrons. The van der Waals surface area contributed by atoms with E-state index in [1.165, 1.54) is 0 Å². The lowest BCUT2D eigenvalue weighted by Crippen LogP contribution is -2.45. The van der Waals surface area contributed by atoms with E-state index >= 15 is 0 Å². The zero-order valence-electron chi connectivity index (χ0n) is 17.3. The number of esters is 1. The summed E-state index contributed by atoms with van der Waals surface area (Å²) < 4.78 is 10.8. The van der Waals surface area contributed by atoms with E-state index in [0.717, 1.165) is 27.6 Å². The number of benzene rings is 2. The number of rotatable bonds is 8. The Morgan fingerprint density at radius 1 is 1.17 bits per heavy atom. The van der Waals surface area contributed by atoms with Gasteiger partial charge >= 0.3 is 5.97 Å². The van der Waals surface area contributed by atoms with Crippen LogP contribution >= 0.6 is 11.6 Å². The predicted octanol–water partition coefficient (Wildman–Crippen LogP) is 4.11. The second-order valence-electron chi connectivity index (χ2n) is 7.10. The summed E-state index contributed by atoms with van der Waals surface area (Å²) in [6.07, 6.45) is 2.16. The Morgan fingerprint density at radius 2 is 1.87 bits per heavy atom. The first-order valence-corrected chi connectivity index (χ1v) is 10.2. The molecule has 0 spiro atoms. The molecule has 30 heavy (non-hydrogen) atoms. The maximum atomic E-state index is 12.5. The van der Waals surface area contributed by atoms with Gasteiger partial charge in [-0.2, -0.15) is 0 Å². The van der Waals surface area contributed by atoms with Crippen molar-refractivity contribution in [2.24, 2.45) is 0 Å². The third-order valence-corrected chi connectivity index (χ3v) is 5.38. The Hall–Kier alpha value is -2.99. The van der Waals surface area contributed by atoms with E-state index in [-0.39, 0.29) is 13.2 Å². The number of aromatic nitrogens is 1. The molecule has 0 aliphatic heterocycles. The predicted molar refractivity (Wildman–Crippen MR) is 117 cm³/mol. The summed E-state index contributed by atoms with van der Waals surface area (Å²) in [5.41, 5.74) is 3.64. The number of ether oxygens (including phenoxy) is 2. The maximum Gasteiger partial charge on any atom is 0.328 e. The lowest BCUT2D eigenvalue weighted by molar-refractivity contribution is -0.147. The van der Waals surface area contributed by atoms with Gasteiger partial charge in [0.2, 0.25) is 0 Å². The molecular formula is C23H25ClN2O4. The summed E-state index contributed by atoms with van der Waals surface area (Å²) in [6, 6.07) is 10.5. The molecule has 6 nitrogen and oxygen atoms in total. The van der Waals surface area contributed by atoms with Gasteiger partial charge in [-0.1, -0.05) is 29.8 Å². The van der Waals surface area contributed by atoms with Crippen LogP contribution < -0.4 is 10.1 Å². The molecule has 1 heterocycles. The molecular weight excluding hydrogens is 404 g/mol. The number of halogens is 1. The van der Waals surface area contributed by atoms with Crippen molar-refractivity contribution < 1.29 is 19.1 Å². The number of aromatic amines is 1. The highest BCUT2D eigenvalue weighted by molar-refractivity contribution is 6.32. The van der Waals surface area contributed by atoms with E-state index in [1.54, 1.807) is 19.1 Å². The number of hydrogen-bond donors (Lipinski definition) is 2. The Balaban J connectivity index is 1.68. The number of hydrogen-bond acceptors (Lipinski definition) is 4. The molecule has 7 heteroatoms. The fraction of sp³-hybridized carbons (Fsp3) is 0.304. The number of para-hydroxylation sites is 1. The average Bonchev–Trinajstić information content (AvgIpc) is 3.13. The van der Waals surface area contributed by atoms with Crippen LogP contribution in [0.2, 0.25) is 5.02 Å². The average molecular weight is 429 g/mol. The first-order chi connectivity index (χ1) is 14.4. The van der Waals surface area contributed by atoms with Crippen LogP contribution in [0.25, 0.3) is 10.9 Å². The van der Waals surface area contributed by atoms with Gasteiger partial charge in [0, 0.05) is 28.5 Å². The standard InChI is InChI=1S/C23H25ClN2O4/c1-4-29-23(28)20(11-16-12-25-19-8-6-5-7-18(16)19)26-21(27)13-30-17-9-14(2)22(24)15(3)10-17/h5-10,12,20,25H,4,11,13H2,1-3H3,(H,26,27). The maximum absolute atomic E-state index is 12.5. The number of carbonyl (C=O) groups excluding carboxylic acids is 2. The quantitative estimate of drug-likeness (QED) is 0.529. The van der Waals surface area contributed by atoms with Crippen LogP contribution in [-0.4, -0.2) is 36.1 Å². The van der Waals surface area contributed by atoms with Crippen LogP contribution in [0.5, 0.6) is 5.75 Å². The van der Waals surface area contributed by atoms with Crippen molar-refractivity contribution in [3.8, 4) is 5.75 Å². The smallest absolute Gasteiger partial charge is 0.328 e. The number of amides is 1. The second kappa shape index (κ2) is 9.67. The Kier molecular flexibility index (Phi) is 7.00. The number of nitrogens with one attached hydrogen (secondary N) is 2. The summed E-state index contributed by atoms with van der Waals surface area (Å²) in [7, 11) is 0. The van der Waals surface area contributed by atoms with Gasteiger partial charge in [0.15, 0.2) is 6.61 Å². The SMILES string of the molecule is CCOC(=O)C(Cc1c[nH]c2ccccc12)NC(=O)COc1cc(C)c(Cl)c(C)c1. The number of H-pyrrole nitrogens is 1. The molecule has 0 saturated carbocycles. The van der Waals surface area contributed by atoms with E-state index in [2.05, 4.69) is 10.3 Å². The minimum Gasteiger partial charge on any atom is -0.484 e. The van der Waals surface area contributed by atoms with Crippen molar-refractivity contribution in [1.82, 2.24) is 10.3 Å². The van der Waals surface area contributed by atoms with Crippen LogP contribution in [0.1, 0.15) is 23.6 Å². The summed E-state index contributed by atoms with van der Waals surface area (Å²) in [6.45, 7) is 5.50. The highest BCUT2D eigenvalue weighted by Gasteiger charge is 2.24. The molecule has 1 aromatic heterocycles. The fourth-order valence-corrected chi connectivity index (χ4v) is 3.44. The van der Waals surface area contributed by atoms with Crippen molar-refractivity contribution >= 4 is 34.4 Å². The molecule has 0 aliphatic carbocycles. The van der Waals surface area contributed by atoms with Gasteiger partial charge in [-0.25, -0.2) is 4.79 Å². The third kappa shape index (κ3) is 5.13. The van der Waals surface area contributed by atoms with E-state index in [1.807, 2.05) is 44.3 Å². The van der Waals surface area contributed by atoms with Gasteiger partial charge in [-0.05, 0) is 55.7 Å². The molecule has 0 fully saturated rings. The van der Waals surface area contributed by atoms with E-state index in [0.29, 0.717) is 17.2 Å². The minimum atomic E-state index is -0.811. The van der Waals surface area contributed by atoms with Crippen LogP contribution in [-0.2, 0) is 20.7 Å². The summed E-state index contributed by atoms with van der Waals surface area (Å²) >= 11 is 6.17. The highest BCUT2D eigenvalue weighted by Crippen LogP contribution is 2.25. The molecule has 3 rings (SSSR count). The number of carbonyl (C=O) groups is 2. The van der Waals surface area contributed by atoms with Crippen molar-refractivity contribution in [3.63, 3.8) is 0 Å². The van der Waals surface area contributed by atoms with Crippen LogP contribution in [0.3, 0.4) is 0 Å². The number of fused-ring (bicyclic) bond motifs is 1. The molecule has 1 atom stereocenters. The normalized spacial score (nSPS) is 11.9. The zero-order chi connectivity index (χ0) is 21.7. The first-order valence-electron chi connectivity index (χ1n) is 9.79.